The molecule has 1 aromatic carbocycles. The first kappa shape index (κ1) is 7.41. The summed E-state index contributed by atoms with van der Waals surface area (Å²) in [5.41, 5.74) is 3.91. The zero-order valence-corrected chi connectivity index (χ0v) is 7.30. The maximum atomic E-state index is 3.76. The van der Waals surface area contributed by atoms with Crippen molar-refractivity contribution in [3.8, 4) is 0 Å². The van der Waals surface area contributed by atoms with Crippen LogP contribution in [-0.2, 0) is 6.42 Å². The molecule has 1 atom stereocenters. The van der Waals surface area contributed by atoms with Gasteiger partial charge in [-0.1, -0.05) is 18.7 Å². The maximum Gasteiger partial charge on any atom is 0.0376 e. The molecule has 1 heteroatoms. The van der Waals surface area contributed by atoms with Crippen molar-refractivity contribution in [3.63, 3.8) is 0 Å². The van der Waals surface area contributed by atoms with E-state index in [-0.39, 0.29) is 0 Å². The van der Waals surface area contributed by atoms with Gasteiger partial charge in [0.2, 0.25) is 0 Å². The average Bonchev–Trinajstić information content (AvgIpc) is 2.43. The van der Waals surface area contributed by atoms with Gasteiger partial charge in [0.15, 0.2) is 0 Å². The smallest absolute Gasteiger partial charge is 0.0376 e. The highest BCUT2D eigenvalue weighted by Gasteiger charge is 2.15. The van der Waals surface area contributed by atoms with Crippen LogP contribution in [0.5, 0.6) is 0 Å². The summed E-state index contributed by atoms with van der Waals surface area (Å²) in [5, 5.41) is 3.41. The second-order valence-corrected chi connectivity index (χ2v) is 3.37. The van der Waals surface area contributed by atoms with Gasteiger partial charge in [-0.25, -0.2) is 0 Å². The minimum atomic E-state index is 0.583. The molecule has 0 aromatic heterocycles. The molecule has 1 heterocycles. The van der Waals surface area contributed by atoms with Crippen LogP contribution in [0.4, 0.5) is 5.69 Å². The van der Waals surface area contributed by atoms with Gasteiger partial charge in [0.1, 0.15) is 0 Å². The number of benzene rings is 1. The molecule has 1 aliphatic rings. The van der Waals surface area contributed by atoms with E-state index >= 15 is 0 Å². The lowest BCUT2D eigenvalue weighted by Gasteiger charge is -2.01. The third-order valence-corrected chi connectivity index (χ3v) is 2.29. The second-order valence-electron chi connectivity index (χ2n) is 3.37. The van der Waals surface area contributed by atoms with E-state index in [4.69, 9.17) is 0 Å². The largest absolute Gasteiger partial charge is 0.382 e. The molecule has 1 aliphatic heterocycles. The maximum absolute atomic E-state index is 3.76. The Balaban J connectivity index is 2.41. The molecule has 0 bridgehead atoms. The molecule has 0 unspecified atom stereocenters. The molecule has 1 aromatic rings. The number of fused-ring (bicyclic) bond motifs is 1. The van der Waals surface area contributed by atoms with Crippen LogP contribution in [0.25, 0.3) is 6.08 Å². The predicted octanol–water partition coefficient (Wildman–Crippen LogP) is 2.69. The molecule has 1 nitrogen and oxygen atoms in total. The van der Waals surface area contributed by atoms with Crippen LogP contribution >= 0.6 is 0 Å². The van der Waals surface area contributed by atoms with Gasteiger partial charge in [0, 0.05) is 11.7 Å². The van der Waals surface area contributed by atoms with Crippen LogP contribution < -0.4 is 5.32 Å². The average molecular weight is 159 g/mol. The first-order valence-corrected chi connectivity index (χ1v) is 4.31. The number of hydrogen-bond acceptors (Lipinski definition) is 1. The molecule has 0 fully saturated rings. The normalized spacial score (nSPS) is 19.9. The van der Waals surface area contributed by atoms with Gasteiger partial charge in [0.25, 0.3) is 0 Å². The van der Waals surface area contributed by atoms with Crippen molar-refractivity contribution in [1.29, 1.82) is 0 Å². The van der Waals surface area contributed by atoms with Crippen molar-refractivity contribution in [2.75, 3.05) is 5.32 Å². The summed E-state index contributed by atoms with van der Waals surface area (Å²) in [6.45, 7) is 5.96. The van der Waals surface area contributed by atoms with E-state index in [9.17, 15) is 0 Å². The molecule has 1 N–H and O–H groups in total. The summed E-state index contributed by atoms with van der Waals surface area (Å²) < 4.78 is 0. The van der Waals surface area contributed by atoms with E-state index in [0.717, 1.165) is 6.42 Å². The van der Waals surface area contributed by atoms with Crippen molar-refractivity contribution in [2.24, 2.45) is 0 Å². The first-order chi connectivity index (χ1) is 5.79. The Bertz CT molecular complexity index is 315. The van der Waals surface area contributed by atoms with E-state index in [1.54, 1.807) is 0 Å². The Morgan fingerprint density at radius 3 is 3.17 bits per heavy atom. The van der Waals surface area contributed by atoms with Crippen molar-refractivity contribution in [2.45, 2.75) is 19.4 Å². The van der Waals surface area contributed by atoms with Crippen LogP contribution in [0.1, 0.15) is 18.1 Å². The van der Waals surface area contributed by atoms with Gasteiger partial charge in [-0.15, -0.1) is 0 Å². The van der Waals surface area contributed by atoms with E-state index in [0.29, 0.717) is 6.04 Å². The van der Waals surface area contributed by atoms with Gasteiger partial charge in [-0.3, -0.25) is 0 Å². The summed E-state index contributed by atoms with van der Waals surface area (Å²) in [6.07, 6.45) is 3.03. The predicted molar refractivity (Wildman–Crippen MR) is 53.3 cm³/mol. The second kappa shape index (κ2) is 2.67. The highest BCUT2D eigenvalue weighted by Crippen LogP contribution is 2.26. The molecule has 0 amide bonds. The monoisotopic (exact) mass is 159 g/mol. The SMILES string of the molecule is C=Cc1ccc2c(c1)C[C@@H](C)N2. The third kappa shape index (κ3) is 1.11. The fraction of sp³-hybridized carbons (Fsp3) is 0.273. The van der Waals surface area contributed by atoms with Crippen molar-refractivity contribution in [1.82, 2.24) is 0 Å². The molecular weight excluding hydrogens is 146 g/mol. The van der Waals surface area contributed by atoms with Crippen LogP contribution in [0, 0.1) is 0 Å². The fourth-order valence-electron chi connectivity index (χ4n) is 1.70. The molecular formula is C11H13N. The number of hydrogen-bond donors (Lipinski definition) is 1. The molecule has 0 aliphatic carbocycles. The molecule has 0 radical (unpaired) electrons. The van der Waals surface area contributed by atoms with Crippen LogP contribution in [0.2, 0.25) is 0 Å². The lowest BCUT2D eigenvalue weighted by Crippen LogP contribution is -2.08. The van der Waals surface area contributed by atoms with E-state index < -0.39 is 0 Å². The summed E-state index contributed by atoms with van der Waals surface area (Å²) >= 11 is 0. The minimum Gasteiger partial charge on any atom is -0.382 e. The molecule has 0 saturated heterocycles. The van der Waals surface area contributed by atoms with Crippen molar-refractivity contribution >= 4 is 11.8 Å². The van der Waals surface area contributed by atoms with E-state index in [1.807, 2.05) is 6.08 Å². The zero-order valence-electron chi connectivity index (χ0n) is 7.30. The van der Waals surface area contributed by atoms with Gasteiger partial charge in [-0.05, 0) is 36.6 Å². The van der Waals surface area contributed by atoms with E-state index in [2.05, 4.69) is 37.0 Å². The Morgan fingerprint density at radius 2 is 2.42 bits per heavy atom. The molecule has 2 rings (SSSR count). The molecule has 0 spiro atoms. The van der Waals surface area contributed by atoms with Crippen molar-refractivity contribution < 1.29 is 0 Å². The summed E-state index contributed by atoms with van der Waals surface area (Å²) in [5.74, 6) is 0. The minimum absolute atomic E-state index is 0.583. The third-order valence-electron chi connectivity index (χ3n) is 2.29. The standard InChI is InChI=1S/C11H13N/c1-3-9-4-5-11-10(7-9)6-8(2)12-11/h3-5,7-8,12H,1,6H2,2H3/t8-/m1/s1. The van der Waals surface area contributed by atoms with Crippen molar-refractivity contribution in [3.05, 3.63) is 35.9 Å². The molecule has 62 valence electrons. The van der Waals surface area contributed by atoms with Gasteiger partial charge >= 0.3 is 0 Å². The lowest BCUT2D eigenvalue weighted by molar-refractivity contribution is 0.839. The van der Waals surface area contributed by atoms with Gasteiger partial charge in [-0.2, -0.15) is 0 Å². The first-order valence-electron chi connectivity index (χ1n) is 4.31. The molecule has 0 saturated carbocycles. The number of nitrogens with one attached hydrogen (secondary N) is 1. The van der Waals surface area contributed by atoms with Crippen LogP contribution in [0.15, 0.2) is 24.8 Å². The lowest BCUT2D eigenvalue weighted by atomic mass is 10.1. The quantitative estimate of drug-likeness (QED) is 0.664. The summed E-state index contributed by atoms with van der Waals surface area (Å²) in [4.78, 5) is 0. The van der Waals surface area contributed by atoms with Crippen LogP contribution in [-0.4, -0.2) is 6.04 Å². The van der Waals surface area contributed by atoms with Crippen LogP contribution in [0.3, 0.4) is 0 Å². The Hall–Kier alpha value is -1.24. The van der Waals surface area contributed by atoms with E-state index in [1.165, 1.54) is 16.8 Å². The summed E-state index contributed by atoms with van der Waals surface area (Å²) in [6, 6.07) is 7.02. The Kier molecular flexibility index (Phi) is 1.65. The van der Waals surface area contributed by atoms with Gasteiger partial charge in [0.05, 0.1) is 0 Å². The highest BCUT2D eigenvalue weighted by atomic mass is 14.9. The number of rotatable bonds is 1. The summed E-state index contributed by atoms with van der Waals surface area (Å²) in [7, 11) is 0. The fourth-order valence-corrected chi connectivity index (χ4v) is 1.70. The zero-order chi connectivity index (χ0) is 8.55. The number of anilines is 1. The Morgan fingerprint density at radius 1 is 1.58 bits per heavy atom. The topological polar surface area (TPSA) is 12.0 Å². The highest BCUT2D eigenvalue weighted by molar-refractivity contribution is 5.62. The molecule has 12 heavy (non-hydrogen) atoms. The Labute approximate surface area is 73.1 Å². The van der Waals surface area contributed by atoms with Gasteiger partial charge < -0.3 is 5.32 Å².